The number of sulfonamides is 1. The number of hydrogen-bond acceptors (Lipinski definition) is 4. The molecule has 6 nitrogen and oxygen atoms in total. The molecular weight excluding hydrogens is 282 g/mol. The van der Waals surface area contributed by atoms with Crippen LogP contribution in [0.3, 0.4) is 0 Å². The zero-order valence-corrected chi connectivity index (χ0v) is 12.3. The highest BCUT2D eigenvalue weighted by atomic mass is 32.2. The first-order valence-electron chi connectivity index (χ1n) is 6.24. The van der Waals surface area contributed by atoms with Gasteiger partial charge in [0.05, 0.1) is 11.5 Å². The largest absolute Gasteiger partial charge is 0.480 e. The predicted octanol–water partition coefficient (Wildman–Crippen LogP) is 1.36. The van der Waals surface area contributed by atoms with Crippen LogP contribution in [-0.2, 0) is 26.2 Å². The van der Waals surface area contributed by atoms with E-state index in [1.54, 1.807) is 25.1 Å². The zero-order valence-electron chi connectivity index (χ0n) is 11.5. The molecule has 0 saturated heterocycles. The fourth-order valence-electron chi connectivity index (χ4n) is 1.81. The van der Waals surface area contributed by atoms with Crippen LogP contribution in [0.1, 0.15) is 25.3 Å². The second-order valence-electron chi connectivity index (χ2n) is 4.34. The lowest BCUT2D eigenvalue weighted by Gasteiger charge is -2.15. The van der Waals surface area contributed by atoms with Gasteiger partial charge in [0.15, 0.2) is 0 Å². The van der Waals surface area contributed by atoms with E-state index in [4.69, 9.17) is 9.84 Å². The number of rotatable bonds is 8. The van der Waals surface area contributed by atoms with E-state index in [9.17, 15) is 13.2 Å². The lowest BCUT2D eigenvalue weighted by Crippen LogP contribution is -2.40. The molecule has 112 valence electrons. The van der Waals surface area contributed by atoms with Gasteiger partial charge >= 0.3 is 5.97 Å². The molecule has 1 unspecified atom stereocenters. The summed E-state index contributed by atoms with van der Waals surface area (Å²) in [6.45, 7) is 1.94. The fourth-order valence-corrected chi connectivity index (χ4v) is 3.26. The summed E-state index contributed by atoms with van der Waals surface area (Å²) < 4.78 is 31.8. The summed E-state index contributed by atoms with van der Waals surface area (Å²) in [7, 11) is -2.42. The molecule has 0 aliphatic rings. The molecule has 0 bridgehead atoms. The Labute approximate surface area is 118 Å². The predicted molar refractivity (Wildman–Crippen MR) is 73.8 cm³/mol. The van der Waals surface area contributed by atoms with Crippen molar-refractivity contribution < 1.29 is 23.1 Å². The van der Waals surface area contributed by atoms with E-state index in [0.29, 0.717) is 12.0 Å². The Kier molecular flexibility index (Phi) is 6.12. The van der Waals surface area contributed by atoms with Crippen LogP contribution in [-0.4, -0.2) is 32.6 Å². The molecule has 20 heavy (non-hydrogen) atoms. The minimum atomic E-state index is -3.89. The van der Waals surface area contributed by atoms with E-state index in [1.165, 1.54) is 13.2 Å². The number of aliphatic carboxylic acids is 1. The van der Waals surface area contributed by atoms with Crippen LogP contribution in [0.25, 0.3) is 0 Å². The summed E-state index contributed by atoms with van der Waals surface area (Å²) in [6.07, 6.45) is 0.806. The van der Waals surface area contributed by atoms with Crippen LogP contribution >= 0.6 is 0 Å². The molecule has 0 spiro atoms. The molecule has 1 aromatic rings. The van der Waals surface area contributed by atoms with E-state index in [1.807, 2.05) is 0 Å². The maximum atomic E-state index is 12.3. The second-order valence-corrected chi connectivity index (χ2v) is 6.02. The number of hydrogen-bond donors (Lipinski definition) is 2. The summed E-state index contributed by atoms with van der Waals surface area (Å²) in [6, 6.07) is 5.23. The van der Waals surface area contributed by atoms with Crippen LogP contribution in [0.2, 0.25) is 0 Å². The monoisotopic (exact) mass is 301 g/mol. The lowest BCUT2D eigenvalue weighted by molar-refractivity contribution is -0.139. The molecule has 7 heteroatoms. The normalized spacial score (nSPS) is 13.1. The smallest absolute Gasteiger partial charge is 0.321 e. The van der Waals surface area contributed by atoms with Gasteiger partial charge in [-0.25, -0.2) is 8.42 Å². The third-order valence-corrected chi connectivity index (χ3v) is 4.31. The van der Waals surface area contributed by atoms with Crippen molar-refractivity contribution in [3.8, 4) is 0 Å². The third kappa shape index (κ3) is 4.29. The van der Waals surface area contributed by atoms with Crippen LogP contribution < -0.4 is 4.72 Å². The van der Waals surface area contributed by atoms with Crippen molar-refractivity contribution in [3.05, 3.63) is 29.8 Å². The molecule has 1 atom stereocenters. The summed E-state index contributed by atoms with van der Waals surface area (Å²) in [5.41, 5.74) is 0.489. The molecule has 0 heterocycles. The third-order valence-electron chi connectivity index (χ3n) is 2.73. The maximum Gasteiger partial charge on any atom is 0.321 e. The molecule has 1 rings (SSSR count). The highest BCUT2D eigenvalue weighted by Crippen LogP contribution is 2.17. The van der Waals surface area contributed by atoms with Gasteiger partial charge in [0.2, 0.25) is 10.0 Å². The van der Waals surface area contributed by atoms with Crippen LogP contribution in [0.5, 0.6) is 0 Å². The number of nitrogens with one attached hydrogen (secondary N) is 1. The van der Waals surface area contributed by atoms with Gasteiger partial charge in [0.1, 0.15) is 6.04 Å². The van der Waals surface area contributed by atoms with Gasteiger partial charge in [0, 0.05) is 7.11 Å². The number of ether oxygens (including phenoxy) is 1. The van der Waals surface area contributed by atoms with Gasteiger partial charge in [-0.2, -0.15) is 4.72 Å². The van der Waals surface area contributed by atoms with Crippen molar-refractivity contribution in [2.75, 3.05) is 7.11 Å². The number of methoxy groups -OCH3 is 1. The van der Waals surface area contributed by atoms with Crippen LogP contribution in [0.15, 0.2) is 29.2 Å². The fraction of sp³-hybridized carbons (Fsp3) is 0.462. The maximum absolute atomic E-state index is 12.3. The molecule has 0 saturated carbocycles. The van der Waals surface area contributed by atoms with Gasteiger partial charge in [0.25, 0.3) is 0 Å². The number of carboxylic acids is 1. The number of carbonyl (C=O) groups is 1. The zero-order chi connectivity index (χ0) is 15.2. The van der Waals surface area contributed by atoms with Crippen molar-refractivity contribution in [2.24, 2.45) is 0 Å². The standard InChI is InChI=1S/C13H19NO5S/c1-3-6-11(13(15)16)14-20(17,18)12-8-5-4-7-10(12)9-19-2/h4-5,7-8,11,14H,3,6,9H2,1-2H3,(H,15,16). The van der Waals surface area contributed by atoms with E-state index < -0.39 is 22.0 Å². The van der Waals surface area contributed by atoms with Gasteiger partial charge in [-0.15, -0.1) is 0 Å². The second kappa shape index (κ2) is 7.37. The minimum Gasteiger partial charge on any atom is -0.480 e. The number of carboxylic acid groups (broad SMARTS) is 1. The molecule has 1 aromatic carbocycles. The van der Waals surface area contributed by atoms with Gasteiger partial charge < -0.3 is 9.84 Å². The summed E-state index contributed by atoms with van der Waals surface area (Å²) in [4.78, 5) is 11.1. The molecule has 0 radical (unpaired) electrons. The van der Waals surface area contributed by atoms with E-state index >= 15 is 0 Å². The molecule has 0 fully saturated rings. The average molecular weight is 301 g/mol. The Morgan fingerprint density at radius 1 is 1.40 bits per heavy atom. The number of benzene rings is 1. The molecule has 0 aliphatic carbocycles. The first-order valence-corrected chi connectivity index (χ1v) is 7.72. The Morgan fingerprint density at radius 2 is 2.05 bits per heavy atom. The van der Waals surface area contributed by atoms with Crippen molar-refractivity contribution in [1.29, 1.82) is 0 Å². The summed E-state index contributed by atoms with van der Waals surface area (Å²) >= 11 is 0. The lowest BCUT2D eigenvalue weighted by atomic mass is 10.2. The van der Waals surface area contributed by atoms with Crippen molar-refractivity contribution in [2.45, 2.75) is 37.3 Å². The quantitative estimate of drug-likeness (QED) is 0.756. The Balaban J connectivity index is 3.07. The Hall–Kier alpha value is -1.44. The minimum absolute atomic E-state index is 0.0456. The summed E-state index contributed by atoms with van der Waals surface area (Å²) in [5.74, 6) is -1.18. The molecular formula is C13H19NO5S. The highest BCUT2D eigenvalue weighted by Gasteiger charge is 2.26. The van der Waals surface area contributed by atoms with Crippen molar-refractivity contribution in [1.82, 2.24) is 4.72 Å². The Bertz CT molecular complexity index is 556. The van der Waals surface area contributed by atoms with Crippen LogP contribution in [0.4, 0.5) is 0 Å². The molecule has 2 N–H and O–H groups in total. The van der Waals surface area contributed by atoms with Crippen molar-refractivity contribution in [3.63, 3.8) is 0 Å². The topological polar surface area (TPSA) is 92.7 Å². The van der Waals surface area contributed by atoms with Gasteiger partial charge in [-0.1, -0.05) is 31.5 Å². The average Bonchev–Trinajstić information content (AvgIpc) is 2.39. The SMILES string of the molecule is CCCC(NS(=O)(=O)c1ccccc1COC)C(=O)O. The van der Waals surface area contributed by atoms with Crippen molar-refractivity contribution >= 4 is 16.0 Å². The Morgan fingerprint density at radius 3 is 2.60 bits per heavy atom. The molecule has 0 amide bonds. The van der Waals surface area contributed by atoms with E-state index in [-0.39, 0.29) is 17.9 Å². The van der Waals surface area contributed by atoms with Gasteiger partial charge in [-0.3, -0.25) is 4.79 Å². The van der Waals surface area contributed by atoms with E-state index in [0.717, 1.165) is 0 Å². The molecule has 0 aromatic heterocycles. The first kappa shape index (κ1) is 16.6. The molecule has 0 aliphatic heterocycles. The highest BCUT2D eigenvalue weighted by molar-refractivity contribution is 7.89. The van der Waals surface area contributed by atoms with E-state index in [2.05, 4.69) is 4.72 Å². The summed E-state index contributed by atoms with van der Waals surface area (Å²) in [5, 5.41) is 9.04. The van der Waals surface area contributed by atoms with Crippen LogP contribution in [0, 0.1) is 0 Å². The van der Waals surface area contributed by atoms with Gasteiger partial charge in [-0.05, 0) is 18.1 Å². The first-order chi connectivity index (χ1) is 9.42.